The number of hydrogen-bond donors (Lipinski definition) is 1. The van der Waals surface area contributed by atoms with Crippen molar-refractivity contribution < 1.29 is 14.6 Å². The standard InChI is InChI=1S/C19H29NO3/c1-13(2)17-8-7-14(3)10-18(17)23-12-19(22)20-9-5-6-16(20)11-15(4)21/h7-8,10,13,15-16,21H,5-6,9,11-12H2,1-4H3. The summed E-state index contributed by atoms with van der Waals surface area (Å²) in [6.07, 6.45) is 2.25. The maximum Gasteiger partial charge on any atom is 0.260 e. The van der Waals surface area contributed by atoms with Crippen LogP contribution in [0.2, 0.25) is 0 Å². The maximum atomic E-state index is 12.5. The van der Waals surface area contributed by atoms with Crippen LogP contribution in [-0.4, -0.2) is 41.2 Å². The van der Waals surface area contributed by atoms with Crippen LogP contribution in [0.5, 0.6) is 5.75 Å². The molecule has 1 N–H and O–H groups in total. The second-order valence-corrected chi connectivity index (χ2v) is 6.95. The van der Waals surface area contributed by atoms with Gasteiger partial charge in [-0.1, -0.05) is 26.0 Å². The molecule has 2 rings (SSSR count). The Morgan fingerprint density at radius 2 is 2.13 bits per heavy atom. The summed E-state index contributed by atoms with van der Waals surface area (Å²) < 4.78 is 5.85. The van der Waals surface area contributed by atoms with Crippen molar-refractivity contribution in [3.05, 3.63) is 29.3 Å². The number of amides is 1. The summed E-state index contributed by atoms with van der Waals surface area (Å²) in [6, 6.07) is 6.29. The molecule has 0 radical (unpaired) electrons. The largest absolute Gasteiger partial charge is 0.483 e. The first kappa shape index (κ1) is 17.8. The summed E-state index contributed by atoms with van der Waals surface area (Å²) in [5.74, 6) is 1.18. The molecule has 0 aliphatic carbocycles. The van der Waals surface area contributed by atoms with E-state index in [9.17, 15) is 9.90 Å². The number of likely N-dealkylation sites (tertiary alicyclic amines) is 1. The van der Waals surface area contributed by atoms with Crippen LogP contribution < -0.4 is 4.74 Å². The van der Waals surface area contributed by atoms with Crippen molar-refractivity contribution in [3.8, 4) is 5.75 Å². The summed E-state index contributed by atoms with van der Waals surface area (Å²) in [5, 5.41) is 9.58. The van der Waals surface area contributed by atoms with Crippen LogP contribution in [0.25, 0.3) is 0 Å². The Hall–Kier alpha value is -1.55. The van der Waals surface area contributed by atoms with Gasteiger partial charge in [-0.15, -0.1) is 0 Å². The zero-order chi connectivity index (χ0) is 17.0. The van der Waals surface area contributed by atoms with E-state index in [0.717, 1.165) is 36.3 Å². The van der Waals surface area contributed by atoms with E-state index in [1.807, 2.05) is 17.9 Å². The van der Waals surface area contributed by atoms with Crippen molar-refractivity contribution >= 4 is 5.91 Å². The van der Waals surface area contributed by atoms with Crippen LogP contribution in [0.4, 0.5) is 0 Å². The molecule has 1 aliphatic heterocycles. The van der Waals surface area contributed by atoms with Crippen LogP contribution >= 0.6 is 0 Å². The molecular weight excluding hydrogens is 290 g/mol. The first-order valence-electron chi connectivity index (χ1n) is 8.59. The molecule has 2 unspecified atom stereocenters. The van der Waals surface area contributed by atoms with Crippen LogP contribution in [-0.2, 0) is 4.79 Å². The average molecular weight is 319 g/mol. The van der Waals surface area contributed by atoms with E-state index in [2.05, 4.69) is 26.0 Å². The number of hydrogen-bond acceptors (Lipinski definition) is 3. The van der Waals surface area contributed by atoms with Crippen molar-refractivity contribution in [1.29, 1.82) is 0 Å². The number of aryl methyl sites for hydroxylation is 1. The van der Waals surface area contributed by atoms with Gasteiger partial charge >= 0.3 is 0 Å². The SMILES string of the molecule is Cc1ccc(C(C)C)c(OCC(=O)N2CCCC2CC(C)O)c1. The fraction of sp³-hybridized carbons (Fsp3) is 0.632. The lowest BCUT2D eigenvalue weighted by molar-refractivity contribution is -0.134. The zero-order valence-corrected chi connectivity index (χ0v) is 14.7. The highest BCUT2D eigenvalue weighted by atomic mass is 16.5. The summed E-state index contributed by atoms with van der Waals surface area (Å²) in [4.78, 5) is 14.4. The predicted molar refractivity (Wildman–Crippen MR) is 91.8 cm³/mol. The van der Waals surface area contributed by atoms with Gasteiger partial charge in [0.25, 0.3) is 5.91 Å². The van der Waals surface area contributed by atoms with Crippen molar-refractivity contribution in [2.24, 2.45) is 0 Å². The highest BCUT2D eigenvalue weighted by Gasteiger charge is 2.29. The van der Waals surface area contributed by atoms with E-state index < -0.39 is 0 Å². The molecule has 1 aliphatic rings. The second kappa shape index (κ2) is 7.82. The molecule has 1 fully saturated rings. The van der Waals surface area contributed by atoms with Crippen molar-refractivity contribution in [2.45, 2.75) is 65.0 Å². The molecule has 2 atom stereocenters. The minimum atomic E-state index is -0.376. The Morgan fingerprint density at radius 1 is 1.39 bits per heavy atom. The second-order valence-electron chi connectivity index (χ2n) is 6.95. The number of aliphatic hydroxyl groups is 1. The summed E-state index contributed by atoms with van der Waals surface area (Å²) in [7, 11) is 0. The van der Waals surface area contributed by atoms with E-state index in [-0.39, 0.29) is 24.7 Å². The van der Waals surface area contributed by atoms with Gasteiger partial charge in [0.1, 0.15) is 5.75 Å². The first-order chi connectivity index (χ1) is 10.9. The highest BCUT2D eigenvalue weighted by molar-refractivity contribution is 5.78. The normalized spacial score (nSPS) is 19.2. The van der Waals surface area contributed by atoms with Gasteiger partial charge < -0.3 is 14.7 Å². The van der Waals surface area contributed by atoms with E-state index in [4.69, 9.17) is 4.74 Å². The third-order valence-electron chi connectivity index (χ3n) is 4.45. The molecule has 1 aromatic carbocycles. The zero-order valence-electron chi connectivity index (χ0n) is 14.7. The molecule has 1 aromatic rings. The molecular formula is C19H29NO3. The molecule has 1 heterocycles. The smallest absolute Gasteiger partial charge is 0.260 e. The van der Waals surface area contributed by atoms with Crippen LogP contribution in [0.1, 0.15) is 57.1 Å². The van der Waals surface area contributed by atoms with Crippen molar-refractivity contribution in [1.82, 2.24) is 4.90 Å². The number of benzene rings is 1. The summed E-state index contributed by atoms with van der Waals surface area (Å²) >= 11 is 0. The van der Waals surface area contributed by atoms with Gasteiger partial charge in [0.15, 0.2) is 6.61 Å². The number of carbonyl (C=O) groups is 1. The van der Waals surface area contributed by atoms with Gasteiger partial charge in [-0.05, 0) is 56.2 Å². The third-order valence-corrected chi connectivity index (χ3v) is 4.45. The molecule has 0 saturated carbocycles. The minimum absolute atomic E-state index is 0.0179. The molecule has 1 saturated heterocycles. The van der Waals surface area contributed by atoms with Crippen LogP contribution in [0, 0.1) is 6.92 Å². The molecule has 128 valence electrons. The monoisotopic (exact) mass is 319 g/mol. The van der Waals surface area contributed by atoms with E-state index >= 15 is 0 Å². The lowest BCUT2D eigenvalue weighted by atomic mass is 10.0. The number of nitrogens with zero attached hydrogens (tertiary/aromatic N) is 1. The van der Waals surface area contributed by atoms with Gasteiger partial charge in [-0.25, -0.2) is 0 Å². The van der Waals surface area contributed by atoms with E-state index in [0.29, 0.717) is 12.3 Å². The average Bonchev–Trinajstić information content (AvgIpc) is 2.91. The molecule has 4 heteroatoms. The van der Waals surface area contributed by atoms with Gasteiger partial charge in [-0.2, -0.15) is 0 Å². The van der Waals surface area contributed by atoms with Gasteiger partial charge in [0, 0.05) is 12.6 Å². The summed E-state index contributed by atoms with van der Waals surface area (Å²) in [5.41, 5.74) is 2.26. The fourth-order valence-corrected chi connectivity index (χ4v) is 3.27. The minimum Gasteiger partial charge on any atom is -0.483 e. The molecule has 0 spiro atoms. The lowest BCUT2D eigenvalue weighted by Crippen LogP contribution is -2.40. The van der Waals surface area contributed by atoms with E-state index in [1.54, 1.807) is 6.92 Å². The molecule has 4 nitrogen and oxygen atoms in total. The maximum absolute atomic E-state index is 12.5. The topological polar surface area (TPSA) is 49.8 Å². The fourth-order valence-electron chi connectivity index (χ4n) is 3.27. The van der Waals surface area contributed by atoms with Gasteiger partial charge in [0.2, 0.25) is 0 Å². The Kier molecular flexibility index (Phi) is 6.05. The van der Waals surface area contributed by atoms with Gasteiger partial charge in [-0.3, -0.25) is 4.79 Å². The van der Waals surface area contributed by atoms with E-state index in [1.165, 1.54) is 0 Å². The van der Waals surface area contributed by atoms with Crippen molar-refractivity contribution in [3.63, 3.8) is 0 Å². The Balaban J connectivity index is 2.00. The highest BCUT2D eigenvalue weighted by Crippen LogP contribution is 2.28. The lowest BCUT2D eigenvalue weighted by Gasteiger charge is -2.26. The predicted octanol–water partition coefficient (Wildman–Crippen LogP) is 3.26. The number of aliphatic hydroxyl groups excluding tert-OH is 1. The Bertz CT molecular complexity index is 539. The number of rotatable bonds is 6. The first-order valence-corrected chi connectivity index (χ1v) is 8.59. The third kappa shape index (κ3) is 4.71. The quantitative estimate of drug-likeness (QED) is 0.875. The van der Waals surface area contributed by atoms with Crippen LogP contribution in [0.15, 0.2) is 18.2 Å². The van der Waals surface area contributed by atoms with Crippen molar-refractivity contribution in [2.75, 3.05) is 13.2 Å². The Labute approximate surface area is 139 Å². The number of carbonyl (C=O) groups excluding carboxylic acids is 1. The molecule has 0 bridgehead atoms. The van der Waals surface area contributed by atoms with Gasteiger partial charge in [0.05, 0.1) is 6.10 Å². The Morgan fingerprint density at radius 3 is 2.78 bits per heavy atom. The molecule has 23 heavy (non-hydrogen) atoms. The molecule has 1 amide bonds. The number of ether oxygens (including phenoxy) is 1. The molecule has 0 aromatic heterocycles. The van der Waals surface area contributed by atoms with Crippen LogP contribution in [0.3, 0.4) is 0 Å². The summed E-state index contributed by atoms with van der Waals surface area (Å²) in [6.45, 7) is 8.89.